The number of pyridine rings is 2. The fourth-order valence-corrected chi connectivity index (χ4v) is 4.02. The van der Waals surface area contributed by atoms with Crippen molar-refractivity contribution in [1.29, 1.82) is 0 Å². The summed E-state index contributed by atoms with van der Waals surface area (Å²) in [6.45, 7) is 0.529. The quantitative estimate of drug-likeness (QED) is 0.525. The van der Waals surface area contributed by atoms with Crippen LogP contribution in [0.3, 0.4) is 0 Å². The van der Waals surface area contributed by atoms with Crippen LogP contribution >= 0.6 is 0 Å². The number of alkyl halides is 3. The minimum Gasteiger partial charge on any atom is -0.468 e. The van der Waals surface area contributed by atoms with Gasteiger partial charge in [0.25, 0.3) is 5.91 Å². The molecule has 35 heavy (non-hydrogen) atoms. The van der Waals surface area contributed by atoms with Crippen molar-refractivity contribution in [1.82, 2.24) is 20.2 Å². The van der Waals surface area contributed by atoms with Gasteiger partial charge >= 0.3 is 6.18 Å². The second-order valence-corrected chi connectivity index (χ2v) is 8.20. The molecule has 2 unspecified atom stereocenters. The fraction of sp³-hybridized carbons (Fsp3) is 0.280. The molecule has 10 heteroatoms. The van der Waals surface area contributed by atoms with Crippen LogP contribution in [-0.4, -0.2) is 45.5 Å². The Hall–Kier alpha value is -3.95. The number of nitrogens with one attached hydrogen (secondary N) is 1. The summed E-state index contributed by atoms with van der Waals surface area (Å²) in [6.07, 6.45) is -0.960. The van der Waals surface area contributed by atoms with Gasteiger partial charge in [-0.1, -0.05) is 30.3 Å². The first-order chi connectivity index (χ1) is 16.7. The van der Waals surface area contributed by atoms with Gasteiger partial charge in [-0.3, -0.25) is 14.6 Å². The zero-order valence-electron chi connectivity index (χ0n) is 18.8. The average molecular weight is 484 g/mol. The monoisotopic (exact) mass is 484 g/mol. The molecule has 1 aliphatic heterocycles. The second-order valence-electron chi connectivity index (χ2n) is 8.20. The molecule has 3 heterocycles. The molecule has 2 aromatic heterocycles. The Kier molecular flexibility index (Phi) is 6.99. The van der Waals surface area contributed by atoms with Crippen LogP contribution in [0.15, 0.2) is 67.0 Å². The van der Waals surface area contributed by atoms with E-state index in [-0.39, 0.29) is 30.3 Å². The molecule has 1 N–H and O–H groups in total. The molecule has 0 radical (unpaired) electrons. The summed E-state index contributed by atoms with van der Waals surface area (Å²) in [7, 11) is 0. The summed E-state index contributed by atoms with van der Waals surface area (Å²) < 4.78 is 41.5. The Morgan fingerprint density at radius 1 is 1.11 bits per heavy atom. The van der Waals surface area contributed by atoms with Crippen molar-refractivity contribution in [2.24, 2.45) is 0 Å². The van der Waals surface area contributed by atoms with Gasteiger partial charge in [0.15, 0.2) is 6.61 Å². The van der Waals surface area contributed by atoms with Crippen molar-refractivity contribution in [3.63, 3.8) is 0 Å². The first kappa shape index (κ1) is 24.2. The second kappa shape index (κ2) is 10.1. The standard InChI is InChI=1S/C25H23F3N4O3/c1-16(12-18-6-4-5-11-29-18)32-22(19-7-2-3-8-20(19)24(32)34)23(33)31-14-17-9-10-21(30-13-17)35-15-25(26,27)28/h2-11,13,16,22H,12,14-15H2,1H3,(H,31,33). The van der Waals surface area contributed by atoms with E-state index < -0.39 is 18.8 Å². The summed E-state index contributed by atoms with van der Waals surface area (Å²) in [5, 5.41) is 2.82. The number of benzene rings is 1. The highest BCUT2D eigenvalue weighted by Crippen LogP contribution is 2.36. The van der Waals surface area contributed by atoms with Crippen LogP contribution in [0.25, 0.3) is 0 Å². The molecule has 2 atom stereocenters. The number of halogens is 3. The Bertz CT molecular complexity index is 1190. The van der Waals surface area contributed by atoms with E-state index in [2.05, 4.69) is 20.0 Å². The van der Waals surface area contributed by atoms with Crippen molar-refractivity contribution in [3.05, 3.63) is 89.4 Å². The van der Waals surface area contributed by atoms with E-state index >= 15 is 0 Å². The third-order valence-corrected chi connectivity index (χ3v) is 5.60. The summed E-state index contributed by atoms with van der Waals surface area (Å²) in [5.74, 6) is -0.757. The van der Waals surface area contributed by atoms with Crippen LogP contribution in [-0.2, 0) is 17.8 Å². The van der Waals surface area contributed by atoms with E-state index in [1.165, 1.54) is 18.3 Å². The van der Waals surface area contributed by atoms with E-state index in [1.807, 2.05) is 25.1 Å². The number of ether oxygens (including phenoxy) is 1. The summed E-state index contributed by atoms with van der Waals surface area (Å²) in [5.41, 5.74) is 2.48. The van der Waals surface area contributed by atoms with Crippen LogP contribution in [0.2, 0.25) is 0 Å². The molecule has 182 valence electrons. The van der Waals surface area contributed by atoms with Gasteiger partial charge in [-0.25, -0.2) is 4.98 Å². The normalized spacial score (nSPS) is 16.1. The van der Waals surface area contributed by atoms with Crippen molar-refractivity contribution in [2.75, 3.05) is 6.61 Å². The molecule has 1 aliphatic rings. The van der Waals surface area contributed by atoms with Gasteiger partial charge in [-0.2, -0.15) is 13.2 Å². The van der Waals surface area contributed by atoms with Crippen molar-refractivity contribution >= 4 is 11.8 Å². The number of carbonyl (C=O) groups excluding carboxylic acids is 2. The predicted octanol–water partition coefficient (Wildman–Crippen LogP) is 3.86. The van der Waals surface area contributed by atoms with Crippen LogP contribution in [0.1, 0.15) is 40.1 Å². The number of hydrogen-bond donors (Lipinski definition) is 1. The highest BCUT2D eigenvalue weighted by Gasteiger charge is 2.43. The lowest BCUT2D eigenvalue weighted by Gasteiger charge is -2.30. The molecule has 0 spiro atoms. The van der Waals surface area contributed by atoms with E-state index in [4.69, 9.17) is 0 Å². The van der Waals surface area contributed by atoms with Gasteiger partial charge in [-0.15, -0.1) is 0 Å². The summed E-state index contributed by atoms with van der Waals surface area (Å²) in [6, 6.07) is 14.3. The highest BCUT2D eigenvalue weighted by molar-refractivity contribution is 6.04. The van der Waals surface area contributed by atoms with E-state index in [0.717, 1.165) is 5.69 Å². The number of amides is 2. The third kappa shape index (κ3) is 5.76. The maximum absolute atomic E-state index is 13.3. The summed E-state index contributed by atoms with van der Waals surface area (Å²) in [4.78, 5) is 36.2. The third-order valence-electron chi connectivity index (χ3n) is 5.60. The summed E-state index contributed by atoms with van der Waals surface area (Å²) >= 11 is 0. The minimum atomic E-state index is -4.46. The maximum Gasteiger partial charge on any atom is 0.422 e. The van der Waals surface area contributed by atoms with Crippen LogP contribution < -0.4 is 10.1 Å². The number of aromatic nitrogens is 2. The lowest BCUT2D eigenvalue weighted by Crippen LogP contribution is -2.44. The highest BCUT2D eigenvalue weighted by atomic mass is 19.4. The number of fused-ring (bicyclic) bond motifs is 1. The molecular weight excluding hydrogens is 461 g/mol. The average Bonchev–Trinajstić information content (AvgIpc) is 3.15. The van der Waals surface area contributed by atoms with Crippen molar-refractivity contribution in [2.45, 2.75) is 38.1 Å². The Morgan fingerprint density at radius 3 is 2.57 bits per heavy atom. The molecule has 4 rings (SSSR count). The number of hydrogen-bond acceptors (Lipinski definition) is 5. The van der Waals surface area contributed by atoms with E-state index in [9.17, 15) is 22.8 Å². The molecule has 2 amide bonds. The van der Waals surface area contributed by atoms with E-state index in [1.54, 1.807) is 35.4 Å². The molecule has 0 fully saturated rings. The molecule has 0 aliphatic carbocycles. The van der Waals surface area contributed by atoms with Gasteiger partial charge in [-0.05, 0) is 36.2 Å². The van der Waals surface area contributed by atoms with Crippen LogP contribution in [0, 0.1) is 0 Å². The lowest BCUT2D eigenvalue weighted by molar-refractivity contribution is -0.154. The zero-order valence-corrected chi connectivity index (χ0v) is 18.8. The van der Waals surface area contributed by atoms with Crippen LogP contribution in [0.4, 0.5) is 13.2 Å². The SMILES string of the molecule is CC(Cc1ccccn1)N1C(=O)c2ccccc2C1C(=O)NCc1ccc(OCC(F)(F)F)nc1. The number of rotatable bonds is 8. The van der Waals surface area contributed by atoms with Crippen molar-refractivity contribution < 1.29 is 27.5 Å². The number of nitrogens with zero attached hydrogens (tertiary/aromatic N) is 3. The predicted molar refractivity (Wildman–Crippen MR) is 120 cm³/mol. The van der Waals surface area contributed by atoms with Gasteiger partial charge in [0, 0.05) is 48.7 Å². The van der Waals surface area contributed by atoms with Gasteiger partial charge in [0.1, 0.15) is 6.04 Å². The first-order valence-corrected chi connectivity index (χ1v) is 11.0. The molecule has 7 nitrogen and oxygen atoms in total. The van der Waals surface area contributed by atoms with Crippen LogP contribution in [0.5, 0.6) is 5.88 Å². The smallest absolute Gasteiger partial charge is 0.422 e. The van der Waals surface area contributed by atoms with Crippen molar-refractivity contribution in [3.8, 4) is 5.88 Å². The molecule has 1 aromatic carbocycles. The van der Waals surface area contributed by atoms with Gasteiger partial charge in [0.2, 0.25) is 11.8 Å². The van der Waals surface area contributed by atoms with E-state index in [0.29, 0.717) is 23.1 Å². The maximum atomic E-state index is 13.3. The molecule has 0 bridgehead atoms. The zero-order chi connectivity index (χ0) is 25.0. The first-order valence-electron chi connectivity index (χ1n) is 11.0. The fourth-order valence-electron chi connectivity index (χ4n) is 4.02. The number of carbonyl (C=O) groups is 2. The van der Waals surface area contributed by atoms with Gasteiger partial charge < -0.3 is 15.0 Å². The Morgan fingerprint density at radius 2 is 1.89 bits per heavy atom. The Labute approximate surface area is 200 Å². The minimum absolute atomic E-state index is 0.0840. The molecule has 0 saturated carbocycles. The molecule has 3 aromatic rings. The Balaban J connectivity index is 1.46. The topological polar surface area (TPSA) is 84.4 Å². The molecular formula is C25H23F3N4O3. The lowest BCUT2D eigenvalue weighted by atomic mass is 10.0. The molecule has 0 saturated heterocycles. The van der Waals surface area contributed by atoms with Gasteiger partial charge in [0.05, 0.1) is 0 Å². The largest absolute Gasteiger partial charge is 0.468 e.